The monoisotopic (exact) mass is 347 g/mol. The molecule has 1 aromatic heterocycles. The number of hydrogen-bond donors (Lipinski definition) is 1. The third-order valence-corrected chi connectivity index (χ3v) is 3.39. The van der Waals surface area contributed by atoms with Crippen molar-refractivity contribution < 1.29 is 0 Å². The quantitative estimate of drug-likeness (QED) is 0.686. The second-order valence-electron chi connectivity index (χ2n) is 3.96. The van der Waals surface area contributed by atoms with Crippen molar-refractivity contribution in [2.75, 3.05) is 5.73 Å². The van der Waals surface area contributed by atoms with Crippen molar-refractivity contribution in [1.29, 1.82) is 0 Å². The summed E-state index contributed by atoms with van der Waals surface area (Å²) in [5.74, 6) is 1.19. The molecule has 0 saturated heterocycles. The number of rotatable bonds is 1. The minimum absolute atomic E-state index is 0.525. The predicted octanol–water partition coefficient (Wildman–Crippen LogP) is 3.48. The zero-order chi connectivity index (χ0) is 12.5. The molecule has 0 amide bonds. The molecular formula is C14H10IN3. The third-order valence-electron chi connectivity index (χ3n) is 2.72. The van der Waals surface area contributed by atoms with Crippen LogP contribution >= 0.6 is 22.6 Å². The van der Waals surface area contributed by atoms with Crippen LogP contribution in [0.15, 0.2) is 48.5 Å². The first kappa shape index (κ1) is 11.4. The number of halogens is 1. The molecule has 3 rings (SSSR count). The highest BCUT2D eigenvalue weighted by molar-refractivity contribution is 14.1. The molecule has 3 aromatic rings. The summed E-state index contributed by atoms with van der Waals surface area (Å²) in [7, 11) is 0. The highest BCUT2D eigenvalue weighted by atomic mass is 127. The Morgan fingerprint density at radius 1 is 0.944 bits per heavy atom. The summed E-state index contributed by atoms with van der Waals surface area (Å²) in [6.07, 6.45) is 0. The molecule has 2 aromatic carbocycles. The fraction of sp³-hybridized carbons (Fsp3) is 0. The van der Waals surface area contributed by atoms with Gasteiger partial charge in [-0.15, -0.1) is 0 Å². The molecule has 0 unspecified atom stereocenters. The van der Waals surface area contributed by atoms with Gasteiger partial charge in [-0.25, -0.2) is 9.97 Å². The molecule has 0 atom stereocenters. The van der Waals surface area contributed by atoms with Crippen LogP contribution in [0.5, 0.6) is 0 Å². The van der Waals surface area contributed by atoms with E-state index in [4.69, 9.17) is 5.73 Å². The molecule has 0 bridgehead atoms. The standard InChI is InChI=1S/C14H10IN3/c15-10-6-7-12-11(8-10)13(16)18-14(17-12)9-4-2-1-3-5-9/h1-8H,(H2,16,17,18). The van der Waals surface area contributed by atoms with Gasteiger partial charge in [0.15, 0.2) is 5.82 Å². The summed E-state index contributed by atoms with van der Waals surface area (Å²) < 4.78 is 1.13. The van der Waals surface area contributed by atoms with E-state index in [2.05, 4.69) is 32.6 Å². The van der Waals surface area contributed by atoms with E-state index in [1.807, 2.05) is 48.5 Å². The van der Waals surface area contributed by atoms with E-state index in [-0.39, 0.29) is 0 Å². The van der Waals surface area contributed by atoms with Gasteiger partial charge in [-0.3, -0.25) is 0 Å². The van der Waals surface area contributed by atoms with Crippen LogP contribution in [0, 0.1) is 3.57 Å². The van der Waals surface area contributed by atoms with E-state index >= 15 is 0 Å². The van der Waals surface area contributed by atoms with E-state index in [0.29, 0.717) is 11.6 Å². The molecule has 0 aliphatic rings. The Hall–Kier alpha value is -1.69. The summed E-state index contributed by atoms with van der Waals surface area (Å²) >= 11 is 2.25. The zero-order valence-electron chi connectivity index (χ0n) is 9.47. The highest BCUT2D eigenvalue weighted by Crippen LogP contribution is 2.24. The van der Waals surface area contributed by atoms with Crippen LogP contribution in [-0.2, 0) is 0 Å². The number of benzene rings is 2. The molecule has 0 aliphatic carbocycles. The zero-order valence-corrected chi connectivity index (χ0v) is 11.6. The topological polar surface area (TPSA) is 51.8 Å². The minimum atomic E-state index is 0.525. The van der Waals surface area contributed by atoms with Gasteiger partial charge in [-0.05, 0) is 40.8 Å². The maximum absolute atomic E-state index is 6.01. The number of aromatic nitrogens is 2. The Labute approximate surface area is 118 Å². The number of nitrogen functional groups attached to an aromatic ring is 1. The van der Waals surface area contributed by atoms with Crippen LogP contribution in [0.25, 0.3) is 22.3 Å². The van der Waals surface area contributed by atoms with Crippen molar-refractivity contribution in [1.82, 2.24) is 9.97 Å². The summed E-state index contributed by atoms with van der Waals surface area (Å²) in [5.41, 5.74) is 7.86. The van der Waals surface area contributed by atoms with Gasteiger partial charge in [0.1, 0.15) is 5.82 Å². The molecule has 1 heterocycles. The second-order valence-corrected chi connectivity index (χ2v) is 5.21. The van der Waals surface area contributed by atoms with Gasteiger partial charge < -0.3 is 5.73 Å². The van der Waals surface area contributed by atoms with Crippen molar-refractivity contribution in [3.63, 3.8) is 0 Å². The first-order valence-corrected chi connectivity index (χ1v) is 6.60. The summed E-state index contributed by atoms with van der Waals surface area (Å²) in [6.45, 7) is 0. The molecule has 0 spiro atoms. The average molecular weight is 347 g/mol. The van der Waals surface area contributed by atoms with E-state index in [9.17, 15) is 0 Å². The van der Waals surface area contributed by atoms with E-state index in [1.165, 1.54) is 0 Å². The third kappa shape index (κ3) is 2.03. The molecule has 0 fully saturated rings. The Morgan fingerprint density at radius 2 is 1.72 bits per heavy atom. The van der Waals surface area contributed by atoms with E-state index in [1.54, 1.807) is 0 Å². The van der Waals surface area contributed by atoms with Gasteiger partial charge in [-0.1, -0.05) is 30.3 Å². The maximum Gasteiger partial charge on any atom is 0.162 e. The fourth-order valence-electron chi connectivity index (χ4n) is 1.84. The first-order valence-electron chi connectivity index (χ1n) is 5.52. The van der Waals surface area contributed by atoms with Crippen LogP contribution in [-0.4, -0.2) is 9.97 Å². The average Bonchev–Trinajstić information content (AvgIpc) is 2.40. The molecule has 0 radical (unpaired) electrons. The summed E-state index contributed by atoms with van der Waals surface area (Å²) in [6, 6.07) is 15.8. The number of nitrogens with two attached hydrogens (primary N) is 1. The van der Waals surface area contributed by atoms with Crippen LogP contribution < -0.4 is 5.73 Å². The van der Waals surface area contributed by atoms with E-state index < -0.39 is 0 Å². The largest absolute Gasteiger partial charge is 0.383 e. The molecule has 88 valence electrons. The Balaban J connectivity index is 2.25. The normalized spacial score (nSPS) is 10.7. The van der Waals surface area contributed by atoms with Gasteiger partial charge in [-0.2, -0.15) is 0 Å². The lowest BCUT2D eigenvalue weighted by atomic mass is 10.2. The van der Waals surface area contributed by atoms with Crippen LogP contribution in [0.2, 0.25) is 0 Å². The fourth-order valence-corrected chi connectivity index (χ4v) is 2.33. The van der Waals surface area contributed by atoms with Crippen LogP contribution in [0.4, 0.5) is 5.82 Å². The lowest BCUT2D eigenvalue weighted by molar-refractivity contribution is 1.23. The molecule has 0 saturated carbocycles. The van der Waals surface area contributed by atoms with Crippen molar-refractivity contribution in [3.8, 4) is 11.4 Å². The minimum Gasteiger partial charge on any atom is -0.383 e. The van der Waals surface area contributed by atoms with Crippen LogP contribution in [0.3, 0.4) is 0 Å². The lowest BCUT2D eigenvalue weighted by Gasteiger charge is -2.05. The Morgan fingerprint density at radius 3 is 2.50 bits per heavy atom. The van der Waals surface area contributed by atoms with Gasteiger partial charge in [0.25, 0.3) is 0 Å². The smallest absolute Gasteiger partial charge is 0.162 e. The van der Waals surface area contributed by atoms with Gasteiger partial charge in [0.2, 0.25) is 0 Å². The van der Waals surface area contributed by atoms with Crippen molar-refractivity contribution >= 4 is 39.3 Å². The maximum atomic E-state index is 6.01. The number of anilines is 1. The predicted molar refractivity (Wildman–Crippen MR) is 82.1 cm³/mol. The lowest BCUT2D eigenvalue weighted by Crippen LogP contribution is -1.98. The highest BCUT2D eigenvalue weighted by Gasteiger charge is 2.07. The molecular weight excluding hydrogens is 337 g/mol. The summed E-state index contributed by atoms with van der Waals surface area (Å²) in [4.78, 5) is 8.93. The van der Waals surface area contributed by atoms with Gasteiger partial charge in [0, 0.05) is 14.5 Å². The number of fused-ring (bicyclic) bond motifs is 1. The van der Waals surface area contributed by atoms with Gasteiger partial charge in [0.05, 0.1) is 5.52 Å². The molecule has 2 N–H and O–H groups in total. The van der Waals surface area contributed by atoms with Crippen molar-refractivity contribution in [3.05, 3.63) is 52.1 Å². The van der Waals surface area contributed by atoms with Crippen molar-refractivity contribution in [2.24, 2.45) is 0 Å². The summed E-state index contributed by atoms with van der Waals surface area (Å²) in [5, 5.41) is 0.904. The van der Waals surface area contributed by atoms with Crippen molar-refractivity contribution in [2.45, 2.75) is 0 Å². The number of hydrogen-bond acceptors (Lipinski definition) is 3. The Bertz CT molecular complexity index is 711. The molecule has 3 nitrogen and oxygen atoms in total. The van der Waals surface area contributed by atoms with E-state index in [0.717, 1.165) is 20.0 Å². The SMILES string of the molecule is Nc1nc(-c2ccccc2)nc2ccc(I)cc12. The molecule has 0 aliphatic heterocycles. The Kier molecular flexibility index (Phi) is 2.87. The molecule has 4 heteroatoms. The van der Waals surface area contributed by atoms with Gasteiger partial charge >= 0.3 is 0 Å². The number of nitrogens with zero attached hydrogens (tertiary/aromatic N) is 2. The first-order chi connectivity index (χ1) is 8.74. The van der Waals surface area contributed by atoms with Crippen LogP contribution in [0.1, 0.15) is 0 Å². The second kappa shape index (κ2) is 4.53. The molecule has 18 heavy (non-hydrogen) atoms.